The monoisotopic (exact) mass is 513 g/mol. The van der Waals surface area contributed by atoms with Crippen molar-refractivity contribution >= 4 is 52.2 Å². The van der Waals surface area contributed by atoms with Gasteiger partial charge >= 0.3 is 0 Å². The number of thioether (sulfide) groups is 1. The van der Waals surface area contributed by atoms with Crippen LogP contribution in [-0.2, 0) is 11.2 Å². The summed E-state index contributed by atoms with van der Waals surface area (Å²) in [6, 6.07) is 21.2. The Balaban J connectivity index is 1.53. The van der Waals surface area contributed by atoms with Crippen molar-refractivity contribution in [3.63, 3.8) is 0 Å². The molecule has 3 aromatic carbocycles. The number of carbonyl (C=O) groups excluding carboxylic acids is 1. The molecule has 0 radical (unpaired) electrons. The first-order chi connectivity index (χ1) is 16.4. The molecule has 8 nitrogen and oxygen atoms in total. The number of aromatic nitrogens is 3. The van der Waals surface area contributed by atoms with E-state index in [0.717, 1.165) is 11.3 Å². The lowest BCUT2D eigenvalue weighted by atomic mass is 10.1. The first-order valence-electron chi connectivity index (χ1n) is 10.0. The minimum absolute atomic E-state index is 0.000569. The van der Waals surface area contributed by atoms with Crippen LogP contribution in [0.2, 0.25) is 10.0 Å². The molecule has 0 spiro atoms. The Hall–Kier alpha value is -3.40. The van der Waals surface area contributed by atoms with Crippen LogP contribution in [-0.4, -0.2) is 31.3 Å². The van der Waals surface area contributed by atoms with Crippen LogP contribution in [0.5, 0.6) is 0 Å². The van der Waals surface area contributed by atoms with Crippen LogP contribution in [0.3, 0.4) is 0 Å². The average Bonchev–Trinajstić information content (AvgIpc) is 3.22. The van der Waals surface area contributed by atoms with Gasteiger partial charge in [-0.25, -0.2) is 0 Å². The molecule has 11 heteroatoms. The smallest absolute Gasteiger partial charge is 0.289 e. The number of hydrogen-bond acceptors (Lipinski definition) is 6. The fourth-order valence-corrected chi connectivity index (χ4v) is 4.28. The minimum atomic E-state index is -0.602. The molecule has 0 aliphatic carbocycles. The number of nitrogens with zero attached hydrogens (tertiary/aromatic N) is 4. The van der Waals surface area contributed by atoms with Crippen LogP contribution < -0.4 is 5.32 Å². The summed E-state index contributed by atoms with van der Waals surface area (Å²) in [5.74, 6) is 0.384. The fraction of sp³-hybridized carbons (Fsp3) is 0.0870. The van der Waals surface area contributed by atoms with E-state index in [2.05, 4.69) is 15.5 Å². The van der Waals surface area contributed by atoms with Crippen molar-refractivity contribution in [3.05, 3.63) is 104 Å². The molecule has 172 valence electrons. The van der Waals surface area contributed by atoms with Crippen LogP contribution in [0.1, 0.15) is 11.4 Å². The molecule has 0 saturated heterocycles. The number of anilines is 1. The van der Waals surface area contributed by atoms with Crippen molar-refractivity contribution in [1.82, 2.24) is 14.8 Å². The Bertz CT molecular complexity index is 1330. The largest absolute Gasteiger partial charge is 0.325 e. The quantitative estimate of drug-likeness (QED) is 0.181. The molecule has 0 saturated carbocycles. The summed E-state index contributed by atoms with van der Waals surface area (Å²) in [5.41, 5.74) is 1.89. The highest BCUT2D eigenvalue weighted by Crippen LogP contribution is 2.28. The number of nitro benzene ring substituents is 1. The van der Waals surface area contributed by atoms with Gasteiger partial charge in [0.25, 0.3) is 5.69 Å². The predicted molar refractivity (Wildman–Crippen MR) is 133 cm³/mol. The number of amides is 1. The van der Waals surface area contributed by atoms with Crippen molar-refractivity contribution in [2.45, 2.75) is 11.6 Å². The Kier molecular flexibility index (Phi) is 7.46. The highest BCUT2D eigenvalue weighted by atomic mass is 35.5. The maximum Gasteiger partial charge on any atom is 0.289 e. The van der Waals surface area contributed by atoms with Gasteiger partial charge in [-0.2, -0.15) is 0 Å². The summed E-state index contributed by atoms with van der Waals surface area (Å²) in [6.07, 6.45) is 0.553. The van der Waals surface area contributed by atoms with Gasteiger partial charge in [-0.3, -0.25) is 19.5 Å². The second kappa shape index (κ2) is 10.7. The molecule has 1 N–H and O–H groups in total. The number of rotatable bonds is 8. The maximum atomic E-state index is 12.5. The third-order valence-electron chi connectivity index (χ3n) is 4.75. The number of carbonyl (C=O) groups is 1. The molecular formula is C23H17Cl2N5O3S. The zero-order valence-electron chi connectivity index (χ0n) is 17.5. The summed E-state index contributed by atoms with van der Waals surface area (Å²) < 4.78 is 1.88. The minimum Gasteiger partial charge on any atom is -0.325 e. The highest BCUT2D eigenvalue weighted by Gasteiger charge is 2.18. The Labute approximate surface area is 209 Å². The van der Waals surface area contributed by atoms with E-state index in [1.807, 2.05) is 47.0 Å². The zero-order chi connectivity index (χ0) is 24.1. The lowest BCUT2D eigenvalue weighted by Crippen LogP contribution is -2.15. The number of nitrogens with one attached hydrogen (secondary N) is 1. The zero-order valence-corrected chi connectivity index (χ0v) is 19.8. The maximum absolute atomic E-state index is 12.5. The molecular weight excluding hydrogens is 497 g/mol. The number of halogens is 2. The summed E-state index contributed by atoms with van der Waals surface area (Å²) in [6.45, 7) is 0. The van der Waals surface area contributed by atoms with Gasteiger partial charge in [0.15, 0.2) is 5.16 Å². The van der Waals surface area contributed by atoms with E-state index in [-0.39, 0.29) is 28.1 Å². The van der Waals surface area contributed by atoms with Gasteiger partial charge in [-0.05, 0) is 42.0 Å². The van der Waals surface area contributed by atoms with Crippen LogP contribution >= 0.6 is 35.0 Å². The molecule has 0 aliphatic rings. The lowest BCUT2D eigenvalue weighted by molar-refractivity contribution is -0.384. The second-order valence-corrected chi connectivity index (χ2v) is 8.92. The van der Waals surface area contributed by atoms with Gasteiger partial charge < -0.3 is 5.32 Å². The van der Waals surface area contributed by atoms with E-state index in [1.165, 1.54) is 30.0 Å². The Morgan fingerprint density at radius 1 is 1.03 bits per heavy atom. The summed E-state index contributed by atoms with van der Waals surface area (Å²) in [5, 5.41) is 23.5. The fourth-order valence-electron chi connectivity index (χ4n) is 3.19. The topological polar surface area (TPSA) is 103 Å². The van der Waals surface area contributed by atoms with E-state index >= 15 is 0 Å². The highest BCUT2D eigenvalue weighted by molar-refractivity contribution is 7.99. The van der Waals surface area contributed by atoms with Gasteiger partial charge in [-0.15, -0.1) is 10.2 Å². The van der Waals surface area contributed by atoms with Crippen molar-refractivity contribution < 1.29 is 9.72 Å². The summed E-state index contributed by atoms with van der Waals surface area (Å²) in [4.78, 5) is 23.0. The molecule has 0 aliphatic heterocycles. The first-order valence-corrected chi connectivity index (χ1v) is 11.8. The van der Waals surface area contributed by atoms with Crippen LogP contribution in [0.25, 0.3) is 5.69 Å². The SMILES string of the molecule is O=C(CSc1nnc(Cc2ccccc2)n1-c1ccc(Cl)cc1)Nc1ccc(Cl)c([N+](=O)[O-])c1. The molecule has 1 aromatic heterocycles. The molecule has 34 heavy (non-hydrogen) atoms. The second-order valence-electron chi connectivity index (χ2n) is 7.13. The molecule has 4 rings (SSSR count). The van der Waals surface area contributed by atoms with E-state index in [4.69, 9.17) is 23.2 Å². The number of benzene rings is 3. The molecule has 1 heterocycles. The van der Waals surface area contributed by atoms with Crippen molar-refractivity contribution in [2.75, 3.05) is 11.1 Å². The molecule has 4 aromatic rings. The van der Waals surface area contributed by atoms with Gasteiger partial charge in [0.2, 0.25) is 5.91 Å². The normalized spacial score (nSPS) is 10.8. The van der Waals surface area contributed by atoms with Crippen LogP contribution in [0, 0.1) is 10.1 Å². The molecule has 0 atom stereocenters. The third-order valence-corrected chi connectivity index (χ3v) is 6.25. The molecule has 1 amide bonds. The number of hydrogen-bond donors (Lipinski definition) is 1. The molecule has 0 bridgehead atoms. The van der Waals surface area contributed by atoms with Crippen molar-refractivity contribution in [1.29, 1.82) is 0 Å². The van der Waals surface area contributed by atoms with Crippen molar-refractivity contribution in [3.8, 4) is 5.69 Å². The van der Waals surface area contributed by atoms with E-state index < -0.39 is 4.92 Å². The van der Waals surface area contributed by atoms with Gasteiger partial charge in [0.1, 0.15) is 10.8 Å². The molecule has 0 unspecified atom stereocenters. The summed E-state index contributed by atoms with van der Waals surface area (Å²) >= 11 is 13.1. The Morgan fingerprint density at radius 3 is 2.47 bits per heavy atom. The predicted octanol–water partition coefficient (Wildman–Crippen LogP) is 5.80. The van der Waals surface area contributed by atoms with Crippen molar-refractivity contribution in [2.24, 2.45) is 0 Å². The van der Waals surface area contributed by atoms with E-state index in [0.29, 0.717) is 22.4 Å². The van der Waals surface area contributed by atoms with Crippen LogP contribution in [0.15, 0.2) is 78.0 Å². The van der Waals surface area contributed by atoms with Crippen LogP contribution in [0.4, 0.5) is 11.4 Å². The third kappa shape index (κ3) is 5.74. The lowest BCUT2D eigenvalue weighted by Gasteiger charge is -2.11. The summed E-state index contributed by atoms with van der Waals surface area (Å²) in [7, 11) is 0. The van der Waals surface area contributed by atoms with Gasteiger partial charge in [-0.1, -0.05) is 65.3 Å². The average molecular weight is 514 g/mol. The van der Waals surface area contributed by atoms with E-state index in [9.17, 15) is 14.9 Å². The molecule has 0 fully saturated rings. The number of nitro groups is 1. The Morgan fingerprint density at radius 2 is 1.76 bits per heavy atom. The van der Waals surface area contributed by atoms with Gasteiger partial charge in [0.05, 0.1) is 10.7 Å². The van der Waals surface area contributed by atoms with Gasteiger partial charge in [0, 0.05) is 28.9 Å². The standard InChI is InChI=1S/C23H17Cl2N5O3S/c24-16-6-9-18(10-7-16)29-21(12-15-4-2-1-3-5-15)27-28-23(29)34-14-22(31)26-17-8-11-19(25)20(13-17)30(32)33/h1-11,13H,12,14H2,(H,26,31). The first kappa shape index (κ1) is 23.7. The van der Waals surface area contributed by atoms with E-state index in [1.54, 1.807) is 12.1 Å².